The van der Waals surface area contributed by atoms with Crippen LogP contribution in [0.3, 0.4) is 0 Å². The molecule has 0 spiro atoms. The minimum Gasteiger partial charge on any atom is -0.497 e. The van der Waals surface area contributed by atoms with Gasteiger partial charge in [0.1, 0.15) is 11.6 Å². The van der Waals surface area contributed by atoms with E-state index < -0.39 is 0 Å². The molecule has 0 radical (unpaired) electrons. The second-order valence-electron chi connectivity index (χ2n) is 4.34. The summed E-state index contributed by atoms with van der Waals surface area (Å²) in [7, 11) is 1.72. The van der Waals surface area contributed by atoms with E-state index in [0.29, 0.717) is 0 Å². The third-order valence-corrected chi connectivity index (χ3v) is 3.30. The van der Waals surface area contributed by atoms with Gasteiger partial charge in [0.05, 0.1) is 7.11 Å². The van der Waals surface area contributed by atoms with Gasteiger partial charge in [-0.05, 0) is 41.7 Å². The number of aromatic amines is 1. The maximum Gasteiger partial charge on any atom is 0.119 e. The summed E-state index contributed by atoms with van der Waals surface area (Å²) < 4.78 is 5.37. The fraction of sp³-hybridized carbons (Fsp3) is 0.400. The number of nitrogens with zero attached hydrogens (tertiary/aromatic N) is 1. The molecule has 3 nitrogen and oxygen atoms in total. The van der Waals surface area contributed by atoms with Gasteiger partial charge in [-0.15, -0.1) is 0 Å². The van der Waals surface area contributed by atoms with Crippen LogP contribution in [-0.4, -0.2) is 17.1 Å². The first-order valence-electron chi connectivity index (χ1n) is 6.45. The zero-order valence-electron chi connectivity index (χ0n) is 11.3. The van der Waals surface area contributed by atoms with E-state index in [0.717, 1.165) is 30.8 Å². The van der Waals surface area contributed by atoms with Gasteiger partial charge in [0, 0.05) is 18.8 Å². The van der Waals surface area contributed by atoms with Crippen LogP contribution in [0, 0.1) is 0 Å². The van der Waals surface area contributed by atoms with Gasteiger partial charge in [-0.25, -0.2) is 4.98 Å². The number of aromatic nitrogens is 2. The minimum absolute atomic E-state index is 0.864. The molecule has 0 fully saturated rings. The Morgan fingerprint density at radius 1 is 1.17 bits per heavy atom. The molecular weight excluding hydrogens is 224 g/mol. The molecule has 1 aromatic heterocycles. The summed E-state index contributed by atoms with van der Waals surface area (Å²) in [5.74, 6) is 1.97. The number of aryl methyl sites for hydroxylation is 2. The van der Waals surface area contributed by atoms with Crippen molar-refractivity contribution in [2.45, 2.75) is 33.1 Å². The van der Waals surface area contributed by atoms with Crippen molar-refractivity contribution >= 4 is 0 Å². The summed E-state index contributed by atoms with van der Waals surface area (Å²) >= 11 is 0. The fourth-order valence-corrected chi connectivity index (χ4v) is 2.30. The maximum absolute atomic E-state index is 5.37. The monoisotopic (exact) mass is 244 g/mol. The smallest absolute Gasteiger partial charge is 0.119 e. The second-order valence-corrected chi connectivity index (χ2v) is 4.34. The molecule has 2 rings (SSSR count). The topological polar surface area (TPSA) is 37.9 Å². The quantitative estimate of drug-likeness (QED) is 0.877. The Morgan fingerprint density at radius 3 is 2.28 bits per heavy atom. The second kappa shape index (κ2) is 5.71. The molecule has 0 bridgehead atoms. The van der Waals surface area contributed by atoms with E-state index in [-0.39, 0.29) is 0 Å². The van der Waals surface area contributed by atoms with E-state index in [4.69, 9.17) is 4.74 Å². The Bertz CT molecular complexity index is 478. The molecule has 0 saturated carbocycles. The lowest BCUT2D eigenvalue weighted by Crippen LogP contribution is -2.02. The molecule has 1 aromatic carbocycles. The van der Waals surface area contributed by atoms with Crippen molar-refractivity contribution in [1.82, 2.24) is 9.97 Å². The van der Waals surface area contributed by atoms with Gasteiger partial charge in [0.2, 0.25) is 0 Å². The minimum atomic E-state index is 0.864. The molecule has 0 unspecified atom stereocenters. The van der Waals surface area contributed by atoms with E-state index in [1.807, 2.05) is 6.20 Å². The lowest BCUT2D eigenvalue weighted by atomic mass is 9.94. The van der Waals surface area contributed by atoms with E-state index >= 15 is 0 Å². The van der Waals surface area contributed by atoms with Crippen molar-refractivity contribution in [1.29, 1.82) is 0 Å². The molecule has 0 amide bonds. The summed E-state index contributed by atoms with van der Waals surface area (Å²) in [5, 5.41) is 0. The molecule has 0 saturated heterocycles. The van der Waals surface area contributed by atoms with E-state index in [2.05, 4.69) is 35.9 Å². The molecule has 96 valence electrons. The van der Waals surface area contributed by atoms with Crippen molar-refractivity contribution < 1.29 is 4.74 Å². The van der Waals surface area contributed by atoms with E-state index in [9.17, 15) is 0 Å². The van der Waals surface area contributed by atoms with Gasteiger partial charge in [-0.1, -0.05) is 13.8 Å². The fourth-order valence-electron chi connectivity index (χ4n) is 2.30. The van der Waals surface area contributed by atoms with Gasteiger partial charge in [-0.2, -0.15) is 0 Å². The molecule has 1 heterocycles. The lowest BCUT2D eigenvalue weighted by Gasteiger charge is -2.14. The van der Waals surface area contributed by atoms with Crippen LogP contribution < -0.4 is 4.74 Å². The van der Waals surface area contributed by atoms with Gasteiger partial charge < -0.3 is 9.72 Å². The Balaban J connectivity index is 2.43. The standard InChI is InChI=1S/C15H20N2O/c1-4-11-8-13(18-3)9-12(5-2)14(11)10-15-16-6-7-17-15/h6-9H,4-5,10H2,1-3H3,(H,16,17). The predicted molar refractivity (Wildman–Crippen MR) is 73.1 cm³/mol. The number of benzene rings is 1. The van der Waals surface area contributed by atoms with E-state index in [1.165, 1.54) is 16.7 Å². The number of H-pyrrole nitrogens is 1. The van der Waals surface area contributed by atoms with Crippen LogP contribution in [-0.2, 0) is 19.3 Å². The normalized spacial score (nSPS) is 10.6. The van der Waals surface area contributed by atoms with Crippen molar-refractivity contribution in [3.05, 3.63) is 47.0 Å². The number of nitrogens with one attached hydrogen (secondary N) is 1. The van der Waals surface area contributed by atoms with Crippen molar-refractivity contribution in [2.24, 2.45) is 0 Å². The van der Waals surface area contributed by atoms with Crippen molar-refractivity contribution in [2.75, 3.05) is 7.11 Å². The largest absolute Gasteiger partial charge is 0.497 e. The Kier molecular flexibility index (Phi) is 4.03. The summed E-state index contributed by atoms with van der Waals surface area (Å²) in [6, 6.07) is 4.27. The van der Waals surface area contributed by atoms with E-state index in [1.54, 1.807) is 13.3 Å². The number of methoxy groups -OCH3 is 1. The molecule has 3 heteroatoms. The highest BCUT2D eigenvalue weighted by atomic mass is 16.5. The Hall–Kier alpha value is -1.77. The first kappa shape index (κ1) is 12.7. The average molecular weight is 244 g/mol. The molecule has 0 atom stereocenters. The number of imidazole rings is 1. The van der Waals surface area contributed by atoms with Crippen LogP contribution >= 0.6 is 0 Å². The molecule has 0 aliphatic rings. The van der Waals surface area contributed by atoms with Crippen molar-refractivity contribution in [3.8, 4) is 5.75 Å². The summed E-state index contributed by atoms with van der Waals surface area (Å²) in [4.78, 5) is 7.49. The maximum atomic E-state index is 5.37. The zero-order chi connectivity index (χ0) is 13.0. The molecule has 1 N–H and O–H groups in total. The van der Waals surface area contributed by atoms with Crippen LogP contribution in [0.1, 0.15) is 36.4 Å². The number of ether oxygens (including phenoxy) is 1. The Labute approximate surface area is 108 Å². The lowest BCUT2D eigenvalue weighted by molar-refractivity contribution is 0.413. The van der Waals surface area contributed by atoms with Crippen LogP contribution in [0.25, 0.3) is 0 Å². The van der Waals surface area contributed by atoms with Gasteiger partial charge in [0.25, 0.3) is 0 Å². The highest BCUT2D eigenvalue weighted by molar-refractivity contribution is 5.43. The predicted octanol–water partition coefficient (Wildman–Crippen LogP) is 3.13. The van der Waals surface area contributed by atoms with Crippen molar-refractivity contribution in [3.63, 3.8) is 0 Å². The van der Waals surface area contributed by atoms with Crippen LogP contribution in [0.4, 0.5) is 0 Å². The first-order valence-corrected chi connectivity index (χ1v) is 6.45. The highest BCUT2D eigenvalue weighted by Crippen LogP contribution is 2.25. The molecular formula is C15H20N2O. The third kappa shape index (κ3) is 2.55. The molecule has 0 aliphatic carbocycles. The summed E-state index contributed by atoms with van der Waals surface area (Å²) in [5.41, 5.74) is 4.08. The first-order chi connectivity index (χ1) is 8.78. The highest BCUT2D eigenvalue weighted by Gasteiger charge is 2.11. The summed E-state index contributed by atoms with van der Waals surface area (Å²) in [6.45, 7) is 4.36. The number of hydrogen-bond acceptors (Lipinski definition) is 2. The third-order valence-electron chi connectivity index (χ3n) is 3.30. The van der Waals surface area contributed by atoms with Gasteiger partial charge in [-0.3, -0.25) is 0 Å². The summed E-state index contributed by atoms with van der Waals surface area (Å²) in [6.07, 6.45) is 6.57. The SMILES string of the molecule is CCc1cc(OC)cc(CC)c1Cc1ncc[nH]1. The van der Waals surface area contributed by atoms with Gasteiger partial charge >= 0.3 is 0 Å². The molecule has 0 aliphatic heterocycles. The molecule has 2 aromatic rings. The van der Waals surface area contributed by atoms with Crippen LogP contribution in [0.15, 0.2) is 24.5 Å². The molecule has 18 heavy (non-hydrogen) atoms. The average Bonchev–Trinajstić information content (AvgIpc) is 2.91. The number of hydrogen-bond donors (Lipinski definition) is 1. The number of rotatable bonds is 5. The van der Waals surface area contributed by atoms with Gasteiger partial charge in [0.15, 0.2) is 0 Å². The zero-order valence-corrected chi connectivity index (χ0v) is 11.3. The van der Waals surface area contributed by atoms with Crippen LogP contribution in [0.2, 0.25) is 0 Å². The Morgan fingerprint density at radius 2 is 1.83 bits per heavy atom. The van der Waals surface area contributed by atoms with Crippen LogP contribution in [0.5, 0.6) is 5.75 Å².